The maximum atomic E-state index is 12.1. The SMILES string of the molecule is CCC1CC1NS(=O)(=O)c1ccc(CCN)cc1. The number of sulfonamides is 1. The summed E-state index contributed by atoms with van der Waals surface area (Å²) in [5.74, 6) is 0.510. The molecule has 0 aliphatic heterocycles. The molecule has 1 aromatic rings. The van der Waals surface area contributed by atoms with Gasteiger partial charge in [0.15, 0.2) is 0 Å². The Morgan fingerprint density at radius 3 is 2.50 bits per heavy atom. The number of nitrogens with two attached hydrogens (primary N) is 1. The second kappa shape index (κ2) is 5.38. The smallest absolute Gasteiger partial charge is 0.240 e. The van der Waals surface area contributed by atoms with E-state index in [9.17, 15) is 8.42 Å². The van der Waals surface area contributed by atoms with E-state index in [-0.39, 0.29) is 6.04 Å². The fraction of sp³-hybridized carbons (Fsp3) is 0.538. The number of nitrogens with one attached hydrogen (secondary N) is 1. The molecule has 4 nitrogen and oxygen atoms in total. The lowest BCUT2D eigenvalue weighted by molar-refractivity contribution is 0.576. The van der Waals surface area contributed by atoms with E-state index in [2.05, 4.69) is 11.6 Å². The van der Waals surface area contributed by atoms with Gasteiger partial charge in [-0.15, -0.1) is 0 Å². The third-order valence-electron chi connectivity index (χ3n) is 3.42. The molecule has 2 rings (SSSR count). The summed E-state index contributed by atoms with van der Waals surface area (Å²) >= 11 is 0. The van der Waals surface area contributed by atoms with Crippen LogP contribution in [0.1, 0.15) is 25.3 Å². The molecule has 0 amide bonds. The zero-order chi connectivity index (χ0) is 13.2. The summed E-state index contributed by atoms with van der Waals surface area (Å²) in [5, 5.41) is 0. The van der Waals surface area contributed by atoms with Gasteiger partial charge >= 0.3 is 0 Å². The highest BCUT2D eigenvalue weighted by Crippen LogP contribution is 2.34. The molecule has 1 saturated carbocycles. The van der Waals surface area contributed by atoms with Gasteiger partial charge in [-0.3, -0.25) is 0 Å². The van der Waals surface area contributed by atoms with E-state index in [1.807, 2.05) is 12.1 Å². The van der Waals surface area contributed by atoms with E-state index in [0.717, 1.165) is 24.8 Å². The zero-order valence-electron chi connectivity index (χ0n) is 10.6. The molecule has 3 N–H and O–H groups in total. The number of benzene rings is 1. The molecule has 1 aliphatic rings. The summed E-state index contributed by atoms with van der Waals surface area (Å²) in [5.41, 5.74) is 6.52. The quantitative estimate of drug-likeness (QED) is 0.816. The van der Waals surface area contributed by atoms with E-state index in [1.54, 1.807) is 12.1 Å². The predicted octanol–water partition coefficient (Wildman–Crippen LogP) is 1.26. The van der Waals surface area contributed by atoms with Gasteiger partial charge in [-0.05, 0) is 43.0 Å². The molecule has 2 atom stereocenters. The van der Waals surface area contributed by atoms with Crippen LogP contribution in [0.3, 0.4) is 0 Å². The average Bonchev–Trinajstić information content (AvgIpc) is 3.08. The first-order valence-electron chi connectivity index (χ1n) is 6.38. The number of rotatable bonds is 6. The molecule has 0 heterocycles. The third kappa shape index (κ3) is 3.10. The van der Waals surface area contributed by atoms with Gasteiger partial charge in [-0.1, -0.05) is 25.5 Å². The highest BCUT2D eigenvalue weighted by atomic mass is 32.2. The molecule has 1 aliphatic carbocycles. The van der Waals surface area contributed by atoms with Gasteiger partial charge < -0.3 is 5.73 Å². The number of hydrogen-bond donors (Lipinski definition) is 2. The van der Waals surface area contributed by atoms with E-state index in [4.69, 9.17) is 5.73 Å². The van der Waals surface area contributed by atoms with E-state index < -0.39 is 10.0 Å². The summed E-state index contributed by atoms with van der Waals surface area (Å²) in [6.45, 7) is 2.66. The topological polar surface area (TPSA) is 72.2 Å². The van der Waals surface area contributed by atoms with Crippen LogP contribution in [0.4, 0.5) is 0 Å². The van der Waals surface area contributed by atoms with Crippen LogP contribution in [0.25, 0.3) is 0 Å². The maximum Gasteiger partial charge on any atom is 0.240 e. The van der Waals surface area contributed by atoms with E-state index in [0.29, 0.717) is 17.4 Å². The Labute approximate surface area is 109 Å². The van der Waals surface area contributed by atoms with Gasteiger partial charge in [0.1, 0.15) is 0 Å². The minimum absolute atomic E-state index is 0.128. The number of hydrogen-bond acceptors (Lipinski definition) is 3. The molecular weight excluding hydrogens is 248 g/mol. The van der Waals surface area contributed by atoms with Crippen molar-refractivity contribution in [2.24, 2.45) is 11.7 Å². The molecular formula is C13H20N2O2S. The summed E-state index contributed by atoms with van der Waals surface area (Å²) in [6, 6.07) is 7.08. The van der Waals surface area contributed by atoms with Crippen molar-refractivity contribution in [3.05, 3.63) is 29.8 Å². The first-order chi connectivity index (χ1) is 8.56. The monoisotopic (exact) mass is 268 g/mol. The van der Waals surface area contributed by atoms with E-state index >= 15 is 0 Å². The summed E-state index contributed by atoms with van der Waals surface area (Å²) in [4.78, 5) is 0.338. The second-order valence-electron chi connectivity index (χ2n) is 4.81. The van der Waals surface area contributed by atoms with Gasteiger partial charge in [0, 0.05) is 6.04 Å². The van der Waals surface area contributed by atoms with Crippen molar-refractivity contribution < 1.29 is 8.42 Å². The Morgan fingerprint density at radius 1 is 1.33 bits per heavy atom. The van der Waals surface area contributed by atoms with Crippen molar-refractivity contribution in [3.63, 3.8) is 0 Å². The van der Waals surface area contributed by atoms with Gasteiger partial charge in [0.25, 0.3) is 0 Å². The first kappa shape index (κ1) is 13.5. The summed E-state index contributed by atoms with van der Waals surface area (Å²) in [7, 11) is -3.35. The van der Waals surface area contributed by atoms with Crippen LogP contribution in [-0.4, -0.2) is 21.0 Å². The Morgan fingerprint density at radius 2 is 2.00 bits per heavy atom. The predicted molar refractivity (Wildman–Crippen MR) is 71.7 cm³/mol. The van der Waals surface area contributed by atoms with Gasteiger partial charge in [0.05, 0.1) is 4.90 Å². The molecule has 100 valence electrons. The van der Waals surface area contributed by atoms with Crippen molar-refractivity contribution in [2.75, 3.05) is 6.54 Å². The van der Waals surface area contributed by atoms with Crippen molar-refractivity contribution in [1.82, 2.24) is 4.72 Å². The van der Waals surface area contributed by atoms with Crippen LogP contribution in [0, 0.1) is 5.92 Å². The van der Waals surface area contributed by atoms with Crippen LogP contribution in [0.5, 0.6) is 0 Å². The lowest BCUT2D eigenvalue weighted by Crippen LogP contribution is -2.27. The minimum Gasteiger partial charge on any atom is -0.330 e. The maximum absolute atomic E-state index is 12.1. The second-order valence-corrected chi connectivity index (χ2v) is 6.53. The molecule has 1 fully saturated rings. The highest BCUT2D eigenvalue weighted by molar-refractivity contribution is 7.89. The van der Waals surface area contributed by atoms with Gasteiger partial charge in [0.2, 0.25) is 10.0 Å². The minimum atomic E-state index is -3.35. The Balaban J connectivity index is 2.05. The Kier molecular flexibility index (Phi) is 4.04. The van der Waals surface area contributed by atoms with Crippen LogP contribution < -0.4 is 10.5 Å². The zero-order valence-corrected chi connectivity index (χ0v) is 11.4. The third-order valence-corrected chi connectivity index (χ3v) is 4.93. The van der Waals surface area contributed by atoms with Crippen molar-refractivity contribution in [1.29, 1.82) is 0 Å². The van der Waals surface area contributed by atoms with Crippen molar-refractivity contribution in [2.45, 2.75) is 37.1 Å². The van der Waals surface area contributed by atoms with Crippen molar-refractivity contribution >= 4 is 10.0 Å². The first-order valence-corrected chi connectivity index (χ1v) is 7.86. The summed E-state index contributed by atoms with van der Waals surface area (Å²) < 4.78 is 26.9. The molecule has 0 spiro atoms. The fourth-order valence-corrected chi connectivity index (χ4v) is 3.43. The standard InChI is InChI=1S/C13H20N2O2S/c1-2-11-9-13(11)15-18(16,17)12-5-3-10(4-6-12)7-8-14/h3-6,11,13,15H,2,7-9,14H2,1H3. The van der Waals surface area contributed by atoms with E-state index in [1.165, 1.54) is 0 Å². The molecule has 18 heavy (non-hydrogen) atoms. The fourth-order valence-electron chi connectivity index (χ4n) is 2.11. The normalized spacial score (nSPS) is 23.0. The highest BCUT2D eigenvalue weighted by Gasteiger charge is 2.38. The molecule has 2 unspecified atom stereocenters. The van der Waals surface area contributed by atoms with Crippen LogP contribution in [-0.2, 0) is 16.4 Å². The van der Waals surface area contributed by atoms with Crippen molar-refractivity contribution in [3.8, 4) is 0 Å². The molecule has 0 saturated heterocycles. The van der Waals surface area contributed by atoms with Crippen LogP contribution in [0.2, 0.25) is 0 Å². The molecule has 0 radical (unpaired) electrons. The lowest BCUT2D eigenvalue weighted by Gasteiger charge is -2.07. The Hall–Kier alpha value is -0.910. The van der Waals surface area contributed by atoms with Gasteiger partial charge in [-0.2, -0.15) is 0 Å². The average molecular weight is 268 g/mol. The van der Waals surface area contributed by atoms with Gasteiger partial charge in [-0.25, -0.2) is 13.1 Å². The van der Waals surface area contributed by atoms with Crippen LogP contribution in [0.15, 0.2) is 29.2 Å². The lowest BCUT2D eigenvalue weighted by atomic mass is 10.2. The molecule has 0 aromatic heterocycles. The molecule has 5 heteroatoms. The Bertz CT molecular complexity index is 496. The largest absolute Gasteiger partial charge is 0.330 e. The molecule has 1 aromatic carbocycles. The summed E-state index contributed by atoms with van der Waals surface area (Å²) in [6.07, 6.45) is 2.76. The van der Waals surface area contributed by atoms with Crippen LogP contribution >= 0.6 is 0 Å². The molecule has 0 bridgehead atoms.